The van der Waals surface area contributed by atoms with Gasteiger partial charge in [-0.1, -0.05) is 24.3 Å². The molecule has 0 atom stereocenters. The Morgan fingerprint density at radius 3 is 2.59 bits per heavy atom. The number of nitrogens with one attached hydrogen (secondary N) is 2. The van der Waals surface area contributed by atoms with Gasteiger partial charge in [0.2, 0.25) is 5.91 Å². The molecule has 2 aromatic carbocycles. The highest BCUT2D eigenvalue weighted by Gasteiger charge is 2.28. The van der Waals surface area contributed by atoms with Gasteiger partial charge in [-0.25, -0.2) is 19.9 Å². The number of ether oxygens (including phenoxy) is 1. The van der Waals surface area contributed by atoms with E-state index in [1.807, 2.05) is 48.5 Å². The smallest absolute Gasteiger partial charge is 0.336 e. The van der Waals surface area contributed by atoms with Gasteiger partial charge in [-0.2, -0.15) is 0 Å². The number of nitrogens with zero attached hydrogens (tertiary/aromatic N) is 3. The average Bonchev–Trinajstić information content (AvgIpc) is 3.17. The number of methoxy groups -OCH3 is 1. The summed E-state index contributed by atoms with van der Waals surface area (Å²) in [7, 11) is 1.57. The Morgan fingerprint density at radius 1 is 1.07 bits per heavy atom. The molecule has 0 bridgehead atoms. The number of amides is 3. The molecule has 0 radical (unpaired) electrons. The van der Waals surface area contributed by atoms with Crippen molar-refractivity contribution in [1.82, 2.24) is 14.6 Å². The third-order valence-electron chi connectivity index (χ3n) is 5.19. The van der Waals surface area contributed by atoms with E-state index >= 15 is 0 Å². The fourth-order valence-corrected chi connectivity index (χ4v) is 3.55. The van der Waals surface area contributed by atoms with Crippen LogP contribution >= 0.6 is 0 Å². The molecule has 8 heteroatoms. The first-order valence-corrected chi connectivity index (χ1v) is 9.57. The maximum atomic E-state index is 12.6. The number of piperidine rings is 1. The summed E-state index contributed by atoms with van der Waals surface area (Å²) in [6, 6.07) is 14.7. The van der Waals surface area contributed by atoms with Gasteiger partial charge in [0.25, 0.3) is 0 Å². The monoisotopic (exact) mass is 393 g/mol. The predicted octanol–water partition coefficient (Wildman–Crippen LogP) is 3.06. The van der Waals surface area contributed by atoms with Gasteiger partial charge in [0.05, 0.1) is 23.8 Å². The van der Waals surface area contributed by atoms with Crippen LogP contribution in [0.25, 0.3) is 11.0 Å². The Morgan fingerprint density at radius 2 is 1.79 bits per heavy atom. The van der Waals surface area contributed by atoms with Crippen LogP contribution in [-0.4, -0.2) is 46.7 Å². The zero-order chi connectivity index (χ0) is 20.2. The van der Waals surface area contributed by atoms with Gasteiger partial charge in [-0.3, -0.25) is 4.79 Å². The topological polar surface area (TPSA) is 88.5 Å². The number of imidazole rings is 1. The van der Waals surface area contributed by atoms with E-state index < -0.39 is 0 Å². The highest BCUT2D eigenvalue weighted by Crippen LogP contribution is 2.26. The van der Waals surface area contributed by atoms with Crippen molar-refractivity contribution in [3.05, 3.63) is 54.9 Å². The molecule has 0 unspecified atom stereocenters. The van der Waals surface area contributed by atoms with E-state index in [2.05, 4.69) is 15.7 Å². The number of benzene rings is 2. The Bertz CT molecular complexity index is 1020. The summed E-state index contributed by atoms with van der Waals surface area (Å²) in [5.41, 5.74) is 5.18. The molecule has 1 fully saturated rings. The van der Waals surface area contributed by atoms with E-state index in [4.69, 9.17) is 4.74 Å². The highest BCUT2D eigenvalue weighted by molar-refractivity contribution is 5.94. The first-order chi connectivity index (χ1) is 14.2. The average molecular weight is 393 g/mol. The third kappa shape index (κ3) is 4.01. The number of hydrogen-bond donors (Lipinski definition) is 2. The zero-order valence-corrected chi connectivity index (χ0v) is 16.2. The van der Waals surface area contributed by atoms with Gasteiger partial charge in [0.15, 0.2) is 0 Å². The quantitative estimate of drug-likeness (QED) is 0.713. The molecule has 150 valence electrons. The van der Waals surface area contributed by atoms with Gasteiger partial charge < -0.3 is 15.0 Å². The molecule has 3 aromatic rings. The summed E-state index contributed by atoms with van der Waals surface area (Å²) < 4.78 is 6.90. The van der Waals surface area contributed by atoms with Crippen LogP contribution in [-0.2, 0) is 4.79 Å². The summed E-state index contributed by atoms with van der Waals surface area (Å²) in [5, 5.41) is 2.94. The molecule has 1 aromatic heterocycles. The second kappa shape index (κ2) is 8.22. The van der Waals surface area contributed by atoms with Crippen molar-refractivity contribution in [2.45, 2.75) is 12.8 Å². The fraction of sp³-hybridized carbons (Fsp3) is 0.286. The molecule has 0 spiro atoms. The number of aromatic nitrogens is 2. The zero-order valence-electron chi connectivity index (χ0n) is 16.2. The Labute approximate surface area is 168 Å². The Kier molecular flexibility index (Phi) is 5.33. The summed E-state index contributed by atoms with van der Waals surface area (Å²) in [6.45, 7) is 1.03. The minimum atomic E-state index is -0.197. The number of urea groups is 1. The van der Waals surface area contributed by atoms with Crippen LogP contribution in [0.2, 0.25) is 0 Å². The number of hydrogen-bond acceptors (Lipinski definition) is 4. The lowest BCUT2D eigenvalue weighted by Gasteiger charge is -2.31. The molecule has 2 heterocycles. The number of carbonyl (C=O) groups excluding carboxylic acids is 2. The minimum absolute atomic E-state index is 0.0461. The Balaban J connectivity index is 1.33. The maximum Gasteiger partial charge on any atom is 0.336 e. The fourth-order valence-electron chi connectivity index (χ4n) is 3.55. The SMILES string of the molecule is COc1ccccc1NC(=O)C1CCN(C(=O)Nn2cnc3ccccc32)CC1. The molecule has 2 N–H and O–H groups in total. The van der Waals surface area contributed by atoms with Crippen LogP contribution in [0.4, 0.5) is 10.5 Å². The molecule has 29 heavy (non-hydrogen) atoms. The standard InChI is InChI=1S/C21H23N5O3/c1-29-19-9-5-3-7-17(19)23-20(27)15-10-12-25(13-11-15)21(28)24-26-14-22-16-6-2-4-8-18(16)26/h2-9,14-15H,10-13H2,1H3,(H,23,27)(H,24,28). The molecular weight excluding hydrogens is 370 g/mol. The van der Waals surface area contributed by atoms with Gasteiger partial charge in [-0.05, 0) is 37.1 Å². The second-order valence-corrected chi connectivity index (χ2v) is 6.97. The first-order valence-electron chi connectivity index (χ1n) is 9.57. The largest absolute Gasteiger partial charge is 0.495 e. The van der Waals surface area contributed by atoms with Crippen LogP contribution in [0.1, 0.15) is 12.8 Å². The number of anilines is 1. The van der Waals surface area contributed by atoms with E-state index in [9.17, 15) is 9.59 Å². The van der Waals surface area contributed by atoms with Crippen molar-refractivity contribution in [2.24, 2.45) is 5.92 Å². The Hall–Kier alpha value is -3.55. The van der Waals surface area contributed by atoms with Crippen molar-refractivity contribution >= 4 is 28.7 Å². The molecule has 1 aliphatic rings. The number of para-hydroxylation sites is 4. The molecule has 0 aliphatic carbocycles. The van der Waals surface area contributed by atoms with Gasteiger partial charge in [0.1, 0.15) is 12.1 Å². The second-order valence-electron chi connectivity index (χ2n) is 6.97. The molecule has 3 amide bonds. The lowest BCUT2D eigenvalue weighted by atomic mass is 9.96. The normalized spacial score (nSPS) is 14.6. The predicted molar refractivity (Wildman–Crippen MR) is 110 cm³/mol. The summed E-state index contributed by atoms with van der Waals surface area (Å²) in [4.78, 5) is 31.2. The van der Waals surface area contributed by atoms with Gasteiger partial charge in [0, 0.05) is 19.0 Å². The molecular formula is C21H23N5O3. The number of fused-ring (bicyclic) bond motifs is 1. The van der Waals surface area contributed by atoms with Crippen LogP contribution in [0.3, 0.4) is 0 Å². The van der Waals surface area contributed by atoms with Crippen LogP contribution in [0, 0.1) is 5.92 Å². The van der Waals surface area contributed by atoms with Crippen molar-refractivity contribution < 1.29 is 14.3 Å². The minimum Gasteiger partial charge on any atom is -0.495 e. The van der Waals surface area contributed by atoms with E-state index in [1.165, 1.54) is 0 Å². The van der Waals surface area contributed by atoms with E-state index in [0.717, 1.165) is 11.0 Å². The molecule has 0 saturated carbocycles. The molecule has 1 saturated heterocycles. The summed E-state index contributed by atoms with van der Waals surface area (Å²) in [5.74, 6) is 0.443. The third-order valence-corrected chi connectivity index (χ3v) is 5.19. The van der Waals surface area contributed by atoms with Gasteiger partial charge in [-0.15, -0.1) is 0 Å². The van der Waals surface area contributed by atoms with Crippen LogP contribution < -0.4 is 15.5 Å². The molecule has 8 nitrogen and oxygen atoms in total. The van der Waals surface area contributed by atoms with Gasteiger partial charge >= 0.3 is 6.03 Å². The summed E-state index contributed by atoms with van der Waals surface area (Å²) in [6.07, 6.45) is 2.81. The van der Waals surface area contributed by atoms with E-state index in [1.54, 1.807) is 23.0 Å². The lowest BCUT2D eigenvalue weighted by molar-refractivity contribution is -0.121. The number of rotatable bonds is 4. The van der Waals surface area contributed by atoms with Crippen LogP contribution in [0.15, 0.2) is 54.9 Å². The van der Waals surface area contributed by atoms with Crippen molar-refractivity contribution in [3.8, 4) is 5.75 Å². The molecule has 1 aliphatic heterocycles. The first kappa shape index (κ1) is 18.8. The molecule has 4 rings (SSSR count). The number of likely N-dealkylation sites (tertiary alicyclic amines) is 1. The van der Waals surface area contributed by atoms with Crippen molar-refractivity contribution in [2.75, 3.05) is 30.9 Å². The summed E-state index contributed by atoms with van der Waals surface area (Å²) >= 11 is 0. The lowest BCUT2D eigenvalue weighted by Crippen LogP contribution is -2.45. The van der Waals surface area contributed by atoms with Crippen molar-refractivity contribution in [3.63, 3.8) is 0 Å². The van der Waals surface area contributed by atoms with Crippen molar-refractivity contribution in [1.29, 1.82) is 0 Å². The maximum absolute atomic E-state index is 12.6. The highest BCUT2D eigenvalue weighted by atomic mass is 16.5. The van der Waals surface area contributed by atoms with E-state index in [0.29, 0.717) is 37.4 Å². The van der Waals surface area contributed by atoms with Crippen LogP contribution in [0.5, 0.6) is 5.75 Å². The number of carbonyl (C=O) groups is 2. The van der Waals surface area contributed by atoms with E-state index in [-0.39, 0.29) is 17.9 Å².